The molecule has 1 amide bonds. The van der Waals surface area contributed by atoms with E-state index in [1.807, 2.05) is 19.1 Å². The second-order valence-corrected chi connectivity index (χ2v) is 5.81. The Balaban J connectivity index is 1.90. The molecule has 1 N–H and O–H groups in total. The van der Waals surface area contributed by atoms with Gasteiger partial charge >= 0.3 is 6.18 Å². The van der Waals surface area contributed by atoms with Crippen LogP contribution in [0.25, 0.3) is 16.7 Å². The third-order valence-corrected chi connectivity index (χ3v) is 4.12. The van der Waals surface area contributed by atoms with Crippen LogP contribution >= 0.6 is 0 Å². The zero-order chi connectivity index (χ0) is 17.1. The second kappa shape index (κ2) is 4.83. The van der Waals surface area contributed by atoms with Crippen molar-refractivity contribution in [1.29, 1.82) is 0 Å². The molecule has 24 heavy (non-hydrogen) atoms. The molecule has 7 heteroatoms. The van der Waals surface area contributed by atoms with Crippen LogP contribution in [0.15, 0.2) is 36.5 Å². The van der Waals surface area contributed by atoms with E-state index in [4.69, 9.17) is 0 Å². The molecule has 0 fully saturated rings. The van der Waals surface area contributed by atoms with Gasteiger partial charge in [0.2, 0.25) is 5.91 Å². The average molecular weight is 331 g/mol. The smallest absolute Gasteiger partial charge is 0.325 e. The van der Waals surface area contributed by atoms with Crippen LogP contribution in [0, 0.1) is 6.92 Å². The van der Waals surface area contributed by atoms with Crippen molar-refractivity contribution in [3.05, 3.63) is 53.3 Å². The molecule has 4 rings (SSSR count). The second-order valence-electron chi connectivity index (χ2n) is 5.81. The van der Waals surface area contributed by atoms with Gasteiger partial charge in [-0.05, 0) is 48.4 Å². The highest BCUT2D eigenvalue weighted by atomic mass is 19.4. The highest BCUT2D eigenvalue weighted by Gasteiger charge is 2.33. The van der Waals surface area contributed by atoms with Gasteiger partial charge in [0.25, 0.3) is 0 Å². The Morgan fingerprint density at radius 1 is 1.21 bits per heavy atom. The molecule has 0 unspecified atom stereocenters. The summed E-state index contributed by atoms with van der Waals surface area (Å²) < 4.78 is 40.4. The average Bonchev–Trinajstić information content (AvgIpc) is 3.08. The summed E-state index contributed by atoms with van der Waals surface area (Å²) in [6.45, 7) is 1.86. The van der Waals surface area contributed by atoms with E-state index >= 15 is 0 Å². The molecule has 0 radical (unpaired) electrons. The van der Waals surface area contributed by atoms with E-state index in [9.17, 15) is 18.0 Å². The lowest BCUT2D eigenvalue weighted by Gasteiger charge is -2.11. The van der Waals surface area contributed by atoms with Gasteiger partial charge in [0.1, 0.15) is 11.3 Å². The molecule has 1 aromatic carbocycles. The van der Waals surface area contributed by atoms with Crippen molar-refractivity contribution in [2.75, 3.05) is 5.32 Å². The number of rotatable bonds is 1. The number of anilines is 1. The summed E-state index contributed by atoms with van der Waals surface area (Å²) in [4.78, 5) is 15.3. The molecule has 0 saturated heterocycles. The predicted octanol–water partition coefficient (Wildman–Crippen LogP) is 3.85. The lowest BCUT2D eigenvalue weighted by atomic mass is 10.1. The number of hydrogen-bond donors (Lipinski definition) is 1. The molecular weight excluding hydrogens is 319 g/mol. The Morgan fingerprint density at radius 3 is 2.75 bits per heavy atom. The Bertz CT molecular complexity index is 989. The standard InChI is InChI=1S/C17H12F3N3O/c1-9-6-12(7-11-8-14(24)22-15(9)11)23-5-4-10-2-3-13(17(18,19)20)21-16(10)23/h2-7H,8H2,1H3,(H,22,24). The van der Waals surface area contributed by atoms with Crippen LogP contribution in [-0.2, 0) is 17.4 Å². The fourth-order valence-corrected chi connectivity index (χ4v) is 3.03. The van der Waals surface area contributed by atoms with Gasteiger partial charge in [0.15, 0.2) is 0 Å². The van der Waals surface area contributed by atoms with Gasteiger partial charge in [0.05, 0.1) is 6.42 Å². The maximum absolute atomic E-state index is 12.9. The predicted molar refractivity (Wildman–Crippen MR) is 83.1 cm³/mol. The molecule has 1 aliphatic rings. The number of benzene rings is 1. The zero-order valence-corrected chi connectivity index (χ0v) is 12.6. The number of aryl methyl sites for hydroxylation is 1. The molecule has 0 aliphatic carbocycles. The summed E-state index contributed by atoms with van der Waals surface area (Å²) in [5.74, 6) is -0.0832. The molecule has 0 saturated carbocycles. The summed E-state index contributed by atoms with van der Waals surface area (Å²) in [6, 6.07) is 7.73. The molecule has 4 nitrogen and oxygen atoms in total. The topological polar surface area (TPSA) is 46.9 Å². The molecule has 1 aliphatic heterocycles. The molecule has 0 bridgehead atoms. The minimum absolute atomic E-state index is 0.0832. The van der Waals surface area contributed by atoms with Crippen molar-refractivity contribution in [2.24, 2.45) is 0 Å². The number of halogens is 3. The van der Waals surface area contributed by atoms with Crippen molar-refractivity contribution in [3.8, 4) is 5.69 Å². The number of carbonyl (C=O) groups is 1. The van der Waals surface area contributed by atoms with Crippen LogP contribution in [0.5, 0.6) is 0 Å². The van der Waals surface area contributed by atoms with Crippen LogP contribution in [0.3, 0.4) is 0 Å². The normalized spacial score (nSPS) is 14.1. The number of hydrogen-bond acceptors (Lipinski definition) is 2. The Hall–Kier alpha value is -2.83. The number of amides is 1. The van der Waals surface area contributed by atoms with Crippen LogP contribution in [0.4, 0.5) is 18.9 Å². The lowest BCUT2D eigenvalue weighted by molar-refractivity contribution is -0.141. The molecule has 0 atom stereocenters. The first-order chi connectivity index (χ1) is 11.3. The monoisotopic (exact) mass is 331 g/mol. The minimum atomic E-state index is -4.49. The molecule has 0 spiro atoms. The molecule has 3 heterocycles. The number of carbonyl (C=O) groups excluding carboxylic acids is 1. The van der Waals surface area contributed by atoms with Crippen molar-refractivity contribution in [2.45, 2.75) is 19.5 Å². The van der Waals surface area contributed by atoms with E-state index in [-0.39, 0.29) is 18.0 Å². The SMILES string of the molecule is Cc1cc(-n2ccc3ccc(C(F)(F)F)nc32)cc2c1NC(=O)C2. The van der Waals surface area contributed by atoms with Gasteiger partial charge < -0.3 is 9.88 Å². The summed E-state index contributed by atoms with van der Waals surface area (Å²) in [5.41, 5.74) is 2.48. The summed E-state index contributed by atoms with van der Waals surface area (Å²) in [7, 11) is 0. The van der Waals surface area contributed by atoms with Gasteiger partial charge in [-0.1, -0.05) is 0 Å². The third-order valence-electron chi connectivity index (χ3n) is 4.12. The largest absolute Gasteiger partial charge is 0.433 e. The van der Waals surface area contributed by atoms with Gasteiger partial charge in [-0.2, -0.15) is 13.2 Å². The lowest BCUT2D eigenvalue weighted by Crippen LogP contribution is -2.08. The van der Waals surface area contributed by atoms with Crippen LogP contribution < -0.4 is 5.32 Å². The van der Waals surface area contributed by atoms with E-state index < -0.39 is 11.9 Å². The third kappa shape index (κ3) is 2.24. The first-order valence-electron chi connectivity index (χ1n) is 7.32. The van der Waals surface area contributed by atoms with E-state index in [1.165, 1.54) is 6.07 Å². The van der Waals surface area contributed by atoms with Gasteiger partial charge in [-0.25, -0.2) is 4.98 Å². The maximum atomic E-state index is 12.9. The van der Waals surface area contributed by atoms with E-state index in [1.54, 1.807) is 16.8 Å². The molecule has 122 valence electrons. The van der Waals surface area contributed by atoms with Crippen molar-refractivity contribution >= 4 is 22.6 Å². The van der Waals surface area contributed by atoms with Gasteiger partial charge in [-0.3, -0.25) is 4.79 Å². The van der Waals surface area contributed by atoms with Crippen LogP contribution in [0.2, 0.25) is 0 Å². The fraction of sp³-hybridized carbons (Fsp3) is 0.176. The van der Waals surface area contributed by atoms with Crippen LogP contribution in [-0.4, -0.2) is 15.5 Å². The number of alkyl halides is 3. The zero-order valence-electron chi connectivity index (χ0n) is 12.6. The van der Waals surface area contributed by atoms with E-state index in [0.717, 1.165) is 22.9 Å². The van der Waals surface area contributed by atoms with E-state index in [2.05, 4.69) is 10.3 Å². The van der Waals surface area contributed by atoms with E-state index in [0.29, 0.717) is 11.1 Å². The molecule has 3 aromatic rings. The van der Waals surface area contributed by atoms with Crippen LogP contribution in [0.1, 0.15) is 16.8 Å². The number of nitrogens with one attached hydrogen (secondary N) is 1. The first-order valence-corrected chi connectivity index (χ1v) is 7.32. The fourth-order valence-electron chi connectivity index (χ4n) is 3.03. The minimum Gasteiger partial charge on any atom is -0.325 e. The highest BCUT2D eigenvalue weighted by Crippen LogP contribution is 2.32. The number of fused-ring (bicyclic) bond motifs is 2. The molecule has 2 aromatic heterocycles. The Kier molecular flexibility index (Phi) is 2.97. The summed E-state index contributed by atoms with van der Waals surface area (Å²) >= 11 is 0. The van der Waals surface area contributed by atoms with Gasteiger partial charge in [-0.15, -0.1) is 0 Å². The maximum Gasteiger partial charge on any atom is 0.433 e. The number of aromatic nitrogens is 2. The number of nitrogens with zero attached hydrogens (tertiary/aromatic N) is 2. The Morgan fingerprint density at radius 2 is 2.00 bits per heavy atom. The highest BCUT2D eigenvalue weighted by molar-refractivity contribution is 6.00. The summed E-state index contributed by atoms with van der Waals surface area (Å²) in [6.07, 6.45) is -2.54. The quantitative estimate of drug-likeness (QED) is 0.736. The number of pyridine rings is 1. The Labute approximate surface area is 134 Å². The van der Waals surface area contributed by atoms with Crippen molar-refractivity contribution < 1.29 is 18.0 Å². The van der Waals surface area contributed by atoms with Gasteiger partial charge in [0, 0.05) is 23.0 Å². The van der Waals surface area contributed by atoms with Crippen molar-refractivity contribution in [1.82, 2.24) is 9.55 Å². The first kappa shape index (κ1) is 14.7. The van der Waals surface area contributed by atoms with Crippen molar-refractivity contribution in [3.63, 3.8) is 0 Å². The molecular formula is C17H12F3N3O. The summed E-state index contributed by atoms with van der Waals surface area (Å²) in [5, 5.41) is 3.41.